The van der Waals surface area contributed by atoms with Crippen LogP contribution in [0.3, 0.4) is 0 Å². The molecule has 0 N–H and O–H groups in total. The van der Waals surface area contributed by atoms with E-state index >= 15 is 0 Å². The molecule has 0 radical (unpaired) electrons. The first-order valence-corrected chi connectivity index (χ1v) is 2.76. The van der Waals surface area contributed by atoms with Crippen molar-refractivity contribution in [1.82, 2.24) is 0 Å². The van der Waals surface area contributed by atoms with Crippen LogP contribution in [0.5, 0.6) is 0 Å². The van der Waals surface area contributed by atoms with Crippen LogP contribution in [0.25, 0.3) is 0 Å². The van der Waals surface area contributed by atoms with Crippen LogP contribution < -0.4 is 0 Å². The first kappa shape index (κ1) is 10.5. The second-order valence-corrected chi connectivity index (χ2v) is 1.61. The first-order valence-electron chi connectivity index (χ1n) is 2.76. The average Bonchev–Trinajstić information content (AvgIpc) is 2.12. The number of hydrogen-bond donors (Lipinski definition) is 0. The number of carbonyl (C=O) groups excluding carboxylic acids is 2. The van der Waals surface area contributed by atoms with Crippen LogP contribution in [0.2, 0.25) is 0 Å². The molecule has 0 saturated carbocycles. The molecule has 12 heavy (non-hydrogen) atoms. The zero-order valence-corrected chi connectivity index (χ0v) is 6.39. The Morgan fingerprint density at radius 3 is 1.33 bits per heavy atom. The van der Waals surface area contributed by atoms with Crippen molar-refractivity contribution in [3.8, 4) is 0 Å². The maximum atomic E-state index is 12.4. The lowest BCUT2D eigenvalue weighted by molar-refractivity contribution is -0.141. The first-order chi connectivity index (χ1) is 5.54. The van der Waals surface area contributed by atoms with Gasteiger partial charge in [0.05, 0.1) is 14.2 Å². The third-order valence-corrected chi connectivity index (χ3v) is 0.922. The van der Waals surface area contributed by atoms with Gasteiger partial charge in [-0.1, -0.05) is 0 Å². The fraction of sp³-hybridized carbons (Fsp3) is 0.333. The minimum Gasteiger partial charge on any atom is -0.464 e. The Labute approximate surface area is 66.8 Å². The molecule has 0 aromatic carbocycles. The minimum atomic E-state index is -1.90. The largest absolute Gasteiger partial charge is 0.464 e. The van der Waals surface area contributed by atoms with E-state index in [1.807, 2.05) is 0 Å². The van der Waals surface area contributed by atoms with Crippen molar-refractivity contribution in [3.05, 3.63) is 11.7 Å². The summed E-state index contributed by atoms with van der Waals surface area (Å²) in [4.78, 5) is 20.5. The summed E-state index contributed by atoms with van der Waals surface area (Å²) in [5.41, 5.74) is 0. The molecule has 0 aliphatic carbocycles. The van der Waals surface area contributed by atoms with E-state index in [-0.39, 0.29) is 0 Å². The smallest absolute Gasteiger partial charge is 0.370 e. The van der Waals surface area contributed by atoms with Crippen molar-refractivity contribution in [2.45, 2.75) is 0 Å². The van der Waals surface area contributed by atoms with Gasteiger partial charge in [-0.15, -0.1) is 0 Å². The van der Waals surface area contributed by atoms with Gasteiger partial charge in [-0.25, -0.2) is 9.59 Å². The van der Waals surface area contributed by atoms with Crippen LogP contribution in [-0.4, -0.2) is 26.2 Å². The molecule has 0 aliphatic rings. The van der Waals surface area contributed by atoms with Gasteiger partial charge in [-0.3, -0.25) is 0 Å². The highest BCUT2D eigenvalue weighted by Crippen LogP contribution is 2.10. The van der Waals surface area contributed by atoms with Gasteiger partial charge in [0.1, 0.15) is 0 Å². The lowest BCUT2D eigenvalue weighted by atomic mass is 10.4. The summed E-state index contributed by atoms with van der Waals surface area (Å²) < 4.78 is 32.3. The molecule has 0 unspecified atom stereocenters. The van der Waals surface area contributed by atoms with Crippen LogP contribution in [0, 0.1) is 0 Å². The summed E-state index contributed by atoms with van der Waals surface area (Å²) >= 11 is 0. The fourth-order valence-corrected chi connectivity index (χ4v) is 0.358. The summed E-state index contributed by atoms with van der Waals surface area (Å²) in [6, 6.07) is 0. The Balaban J connectivity index is 4.68. The molecular formula is C6H6F2O4. The van der Waals surface area contributed by atoms with E-state index < -0.39 is 23.6 Å². The number of carbonyl (C=O) groups is 2. The van der Waals surface area contributed by atoms with Crippen LogP contribution in [0.15, 0.2) is 11.7 Å². The van der Waals surface area contributed by atoms with Gasteiger partial charge in [-0.05, 0) is 0 Å². The molecule has 6 heteroatoms. The Hall–Kier alpha value is -1.46. The maximum absolute atomic E-state index is 12.4. The molecule has 0 amide bonds. The summed E-state index contributed by atoms with van der Waals surface area (Å²) in [5, 5.41) is 0. The summed E-state index contributed by atoms with van der Waals surface area (Å²) in [6.07, 6.45) is 0. The number of hydrogen-bond acceptors (Lipinski definition) is 4. The zero-order chi connectivity index (χ0) is 9.72. The molecule has 0 heterocycles. The molecule has 0 aromatic rings. The number of halogens is 2. The molecule has 0 saturated heterocycles. The van der Waals surface area contributed by atoms with Gasteiger partial charge in [0.2, 0.25) is 0 Å². The van der Waals surface area contributed by atoms with Crippen LogP contribution in [-0.2, 0) is 19.1 Å². The van der Waals surface area contributed by atoms with Gasteiger partial charge in [0.15, 0.2) is 0 Å². The van der Waals surface area contributed by atoms with E-state index in [0.717, 1.165) is 14.2 Å². The van der Waals surface area contributed by atoms with Crippen molar-refractivity contribution in [1.29, 1.82) is 0 Å². The van der Waals surface area contributed by atoms with E-state index in [2.05, 4.69) is 9.47 Å². The molecule has 0 fully saturated rings. The van der Waals surface area contributed by atoms with Gasteiger partial charge < -0.3 is 9.47 Å². The van der Waals surface area contributed by atoms with Gasteiger partial charge in [-0.2, -0.15) is 8.78 Å². The lowest BCUT2D eigenvalue weighted by Crippen LogP contribution is -2.09. The van der Waals surface area contributed by atoms with Crippen LogP contribution in [0.1, 0.15) is 0 Å². The SMILES string of the molecule is COC(=O)/C(F)=C(\F)C(=O)OC. The Morgan fingerprint density at radius 1 is 0.917 bits per heavy atom. The fourth-order valence-electron chi connectivity index (χ4n) is 0.358. The van der Waals surface area contributed by atoms with Crippen molar-refractivity contribution in [2.75, 3.05) is 14.2 Å². The van der Waals surface area contributed by atoms with Crippen molar-refractivity contribution in [3.63, 3.8) is 0 Å². The summed E-state index contributed by atoms with van der Waals surface area (Å²) in [5.74, 6) is -6.91. The molecule has 0 atom stereocenters. The van der Waals surface area contributed by atoms with E-state index in [1.54, 1.807) is 0 Å². The third-order valence-electron chi connectivity index (χ3n) is 0.922. The molecule has 0 spiro atoms. The Kier molecular flexibility index (Phi) is 3.89. The van der Waals surface area contributed by atoms with E-state index in [9.17, 15) is 18.4 Å². The van der Waals surface area contributed by atoms with E-state index in [0.29, 0.717) is 0 Å². The minimum absolute atomic E-state index is 0.854. The molecule has 68 valence electrons. The molecular weight excluding hydrogens is 174 g/mol. The van der Waals surface area contributed by atoms with Crippen LogP contribution >= 0.6 is 0 Å². The monoisotopic (exact) mass is 180 g/mol. The van der Waals surface area contributed by atoms with E-state index in [1.165, 1.54) is 0 Å². The predicted octanol–water partition coefficient (Wildman–Crippen LogP) is 0.483. The molecule has 4 nitrogen and oxygen atoms in total. The Bertz CT molecular complexity index is 210. The number of ether oxygens (including phenoxy) is 2. The highest BCUT2D eigenvalue weighted by molar-refractivity contribution is 5.96. The van der Waals surface area contributed by atoms with E-state index in [4.69, 9.17) is 0 Å². The Morgan fingerprint density at radius 2 is 1.17 bits per heavy atom. The second-order valence-electron chi connectivity index (χ2n) is 1.61. The van der Waals surface area contributed by atoms with Crippen molar-refractivity contribution < 1.29 is 27.8 Å². The quantitative estimate of drug-likeness (QED) is 0.458. The highest BCUT2D eigenvalue weighted by atomic mass is 19.2. The molecule has 0 bridgehead atoms. The maximum Gasteiger partial charge on any atom is 0.370 e. The van der Waals surface area contributed by atoms with Crippen LogP contribution in [0.4, 0.5) is 8.78 Å². The molecule has 0 rings (SSSR count). The standard InChI is InChI=1S/C6H6F2O4/c1-11-5(9)3(7)4(8)6(10)12-2/h1-2H3/b4-3+. The summed E-state index contributed by atoms with van der Waals surface area (Å²) in [7, 11) is 1.71. The number of esters is 2. The normalized spacial score (nSPS) is 11.7. The second kappa shape index (κ2) is 4.42. The lowest BCUT2D eigenvalue weighted by Gasteiger charge is -1.96. The predicted molar refractivity (Wildman–Crippen MR) is 33.3 cm³/mol. The third kappa shape index (κ3) is 2.30. The van der Waals surface area contributed by atoms with Gasteiger partial charge in [0.25, 0.3) is 11.7 Å². The topological polar surface area (TPSA) is 52.6 Å². The summed E-state index contributed by atoms with van der Waals surface area (Å²) in [6.45, 7) is 0. The molecule has 0 aliphatic heterocycles. The van der Waals surface area contributed by atoms with Gasteiger partial charge in [0, 0.05) is 0 Å². The zero-order valence-electron chi connectivity index (χ0n) is 6.39. The van der Waals surface area contributed by atoms with Gasteiger partial charge >= 0.3 is 11.9 Å². The highest BCUT2D eigenvalue weighted by Gasteiger charge is 2.22. The van der Waals surface area contributed by atoms with Crippen molar-refractivity contribution in [2.24, 2.45) is 0 Å². The number of rotatable bonds is 2. The van der Waals surface area contributed by atoms with Crippen molar-refractivity contribution >= 4 is 11.9 Å². The number of methoxy groups -OCH3 is 2. The average molecular weight is 180 g/mol. The molecule has 0 aromatic heterocycles.